The standard InChI is InChI=1S/C30H26FNO4/c31-26-12-5-4-11-24(26)27(34)16-15-25-29(32(30(25)36)21-8-2-1-3-9-21)20-13-14-23(28(35)18-20)19-7-6-10-22(33)17-19/h1-14,17-18,25,27,29,33-35H,15-16H2/t25-,27+,29-/m1/s1. The molecule has 5 rings (SSSR count). The average molecular weight is 484 g/mol. The number of rotatable bonds is 7. The second-order valence-electron chi connectivity index (χ2n) is 9.04. The number of benzene rings is 4. The van der Waals surface area contributed by atoms with Gasteiger partial charge in [-0.1, -0.05) is 60.7 Å². The quantitative estimate of drug-likeness (QED) is 0.277. The second kappa shape index (κ2) is 9.84. The number of hydrogen-bond donors (Lipinski definition) is 3. The molecule has 0 saturated carbocycles. The smallest absolute Gasteiger partial charge is 0.233 e. The molecule has 5 nitrogen and oxygen atoms in total. The normalized spacial score (nSPS) is 18.1. The van der Waals surface area contributed by atoms with Crippen LogP contribution in [0.1, 0.15) is 36.1 Å². The van der Waals surface area contributed by atoms with Crippen LogP contribution >= 0.6 is 0 Å². The van der Waals surface area contributed by atoms with Crippen LogP contribution in [0.15, 0.2) is 97.1 Å². The van der Waals surface area contributed by atoms with E-state index in [1.54, 1.807) is 59.5 Å². The molecule has 0 radical (unpaired) electrons. The number of carbonyl (C=O) groups excluding carboxylic acids is 1. The maximum absolute atomic E-state index is 14.1. The zero-order valence-electron chi connectivity index (χ0n) is 19.5. The fourth-order valence-electron chi connectivity index (χ4n) is 4.98. The van der Waals surface area contributed by atoms with Crippen LogP contribution in [-0.2, 0) is 4.79 Å². The van der Waals surface area contributed by atoms with E-state index in [0.717, 1.165) is 11.3 Å². The van der Waals surface area contributed by atoms with E-state index in [9.17, 15) is 24.5 Å². The Balaban J connectivity index is 1.44. The number of para-hydroxylation sites is 1. The van der Waals surface area contributed by atoms with Gasteiger partial charge in [0.15, 0.2) is 0 Å². The maximum atomic E-state index is 14.1. The van der Waals surface area contributed by atoms with Gasteiger partial charge in [0.1, 0.15) is 17.3 Å². The first-order valence-electron chi connectivity index (χ1n) is 11.9. The third-order valence-corrected chi connectivity index (χ3v) is 6.78. The van der Waals surface area contributed by atoms with Gasteiger partial charge in [-0.05, 0) is 60.4 Å². The van der Waals surface area contributed by atoms with Crippen molar-refractivity contribution < 1.29 is 24.5 Å². The summed E-state index contributed by atoms with van der Waals surface area (Å²) >= 11 is 0. The van der Waals surface area contributed by atoms with Crippen molar-refractivity contribution in [1.29, 1.82) is 0 Å². The van der Waals surface area contributed by atoms with Crippen molar-refractivity contribution in [1.82, 2.24) is 0 Å². The Bertz CT molecular complexity index is 1390. The number of aliphatic hydroxyl groups is 1. The van der Waals surface area contributed by atoms with Crippen LogP contribution in [0.5, 0.6) is 11.5 Å². The van der Waals surface area contributed by atoms with E-state index in [2.05, 4.69) is 0 Å². The number of amides is 1. The van der Waals surface area contributed by atoms with Crippen molar-refractivity contribution in [2.45, 2.75) is 25.0 Å². The van der Waals surface area contributed by atoms with E-state index in [1.165, 1.54) is 6.07 Å². The molecule has 36 heavy (non-hydrogen) atoms. The van der Waals surface area contributed by atoms with Gasteiger partial charge in [0.05, 0.1) is 18.1 Å². The Morgan fingerprint density at radius 1 is 0.861 bits per heavy atom. The zero-order valence-corrected chi connectivity index (χ0v) is 19.5. The van der Waals surface area contributed by atoms with Crippen LogP contribution in [0.25, 0.3) is 11.1 Å². The third kappa shape index (κ3) is 4.43. The molecule has 0 bridgehead atoms. The summed E-state index contributed by atoms with van der Waals surface area (Å²) in [5.41, 5.74) is 2.96. The monoisotopic (exact) mass is 483 g/mol. The van der Waals surface area contributed by atoms with Gasteiger partial charge in [-0.25, -0.2) is 4.39 Å². The van der Waals surface area contributed by atoms with Crippen molar-refractivity contribution in [2.75, 3.05) is 4.90 Å². The highest BCUT2D eigenvalue weighted by Crippen LogP contribution is 2.47. The predicted octanol–water partition coefficient (Wildman–Crippen LogP) is 6.12. The summed E-state index contributed by atoms with van der Waals surface area (Å²) in [5.74, 6) is -0.846. The SMILES string of the molecule is O=C1[C@H](CC[C@H](O)c2ccccc2F)[C@@H](c2ccc(-c3cccc(O)c3)c(O)c2)N1c1ccccc1. The van der Waals surface area contributed by atoms with Crippen LogP contribution in [0, 0.1) is 11.7 Å². The van der Waals surface area contributed by atoms with Crippen molar-refractivity contribution in [3.05, 3.63) is 114 Å². The van der Waals surface area contributed by atoms with Gasteiger partial charge in [-0.2, -0.15) is 0 Å². The maximum Gasteiger partial charge on any atom is 0.233 e. The largest absolute Gasteiger partial charge is 0.508 e. The molecule has 3 atom stereocenters. The topological polar surface area (TPSA) is 81.0 Å². The molecule has 1 heterocycles. The molecule has 4 aromatic carbocycles. The van der Waals surface area contributed by atoms with Gasteiger partial charge in [0, 0.05) is 16.8 Å². The third-order valence-electron chi connectivity index (χ3n) is 6.78. The molecular weight excluding hydrogens is 457 g/mol. The number of halogens is 1. The van der Waals surface area contributed by atoms with E-state index in [4.69, 9.17) is 0 Å². The summed E-state index contributed by atoms with van der Waals surface area (Å²) < 4.78 is 14.1. The van der Waals surface area contributed by atoms with Crippen molar-refractivity contribution in [2.24, 2.45) is 5.92 Å². The Hall–Kier alpha value is -4.16. The molecule has 1 aliphatic rings. The van der Waals surface area contributed by atoms with Crippen molar-refractivity contribution in [3.8, 4) is 22.6 Å². The van der Waals surface area contributed by atoms with E-state index < -0.39 is 17.8 Å². The first-order valence-corrected chi connectivity index (χ1v) is 11.9. The van der Waals surface area contributed by atoms with E-state index in [0.29, 0.717) is 17.5 Å². The van der Waals surface area contributed by atoms with Gasteiger partial charge in [-0.3, -0.25) is 4.79 Å². The number of aliphatic hydroxyl groups excluding tert-OH is 1. The van der Waals surface area contributed by atoms with Crippen LogP contribution in [0.4, 0.5) is 10.1 Å². The Morgan fingerprint density at radius 3 is 2.33 bits per heavy atom. The second-order valence-corrected chi connectivity index (χ2v) is 9.04. The first kappa shape index (κ1) is 23.6. The highest BCUT2D eigenvalue weighted by Gasteiger charge is 2.48. The van der Waals surface area contributed by atoms with Crippen LogP contribution in [-0.4, -0.2) is 21.2 Å². The fraction of sp³-hybridized carbons (Fsp3) is 0.167. The first-order chi connectivity index (χ1) is 17.4. The minimum atomic E-state index is -1.02. The minimum Gasteiger partial charge on any atom is -0.508 e. The summed E-state index contributed by atoms with van der Waals surface area (Å²) in [6, 6.07) is 27.0. The molecule has 0 spiro atoms. The van der Waals surface area contributed by atoms with Crippen molar-refractivity contribution in [3.63, 3.8) is 0 Å². The van der Waals surface area contributed by atoms with Gasteiger partial charge >= 0.3 is 0 Å². The number of β-lactam (4-membered cyclic amide) rings is 1. The molecule has 1 fully saturated rings. The van der Waals surface area contributed by atoms with Crippen molar-refractivity contribution >= 4 is 11.6 Å². The summed E-state index contributed by atoms with van der Waals surface area (Å²) in [6.07, 6.45) is -0.437. The predicted molar refractivity (Wildman–Crippen MR) is 136 cm³/mol. The number of phenols is 2. The number of phenolic OH excluding ortho intramolecular Hbond substituents is 2. The van der Waals surface area contributed by atoms with Gasteiger partial charge in [0.2, 0.25) is 5.91 Å². The lowest BCUT2D eigenvalue weighted by Gasteiger charge is -2.48. The highest BCUT2D eigenvalue weighted by molar-refractivity contribution is 6.03. The summed E-state index contributed by atoms with van der Waals surface area (Å²) in [4.78, 5) is 15.0. The highest BCUT2D eigenvalue weighted by atomic mass is 19.1. The number of aromatic hydroxyl groups is 2. The molecule has 3 N–H and O–H groups in total. The summed E-state index contributed by atoms with van der Waals surface area (Å²) in [5, 5.41) is 31.3. The molecule has 0 unspecified atom stereocenters. The molecule has 4 aromatic rings. The molecule has 1 amide bonds. The summed E-state index contributed by atoms with van der Waals surface area (Å²) in [6.45, 7) is 0. The molecule has 0 aliphatic carbocycles. The lowest BCUT2D eigenvalue weighted by Crippen LogP contribution is -2.55. The van der Waals surface area contributed by atoms with Crippen LogP contribution < -0.4 is 4.90 Å². The molecule has 182 valence electrons. The Kier molecular flexibility index (Phi) is 6.44. The van der Waals surface area contributed by atoms with Crippen LogP contribution in [0.3, 0.4) is 0 Å². The Morgan fingerprint density at radius 2 is 1.61 bits per heavy atom. The molecule has 6 heteroatoms. The lowest BCUT2D eigenvalue weighted by atomic mass is 9.78. The van der Waals surface area contributed by atoms with Gasteiger partial charge < -0.3 is 20.2 Å². The summed E-state index contributed by atoms with van der Waals surface area (Å²) in [7, 11) is 0. The van der Waals surface area contributed by atoms with E-state index in [1.807, 2.05) is 36.4 Å². The lowest BCUT2D eigenvalue weighted by molar-refractivity contribution is -0.131. The Labute approximate surface area is 208 Å². The van der Waals surface area contributed by atoms with E-state index in [-0.39, 0.29) is 35.4 Å². The number of carbonyl (C=O) groups is 1. The molecular formula is C30H26FNO4. The number of hydrogen-bond acceptors (Lipinski definition) is 4. The number of anilines is 1. The minimum absolute atomic E-state index is 0.0376. The number of nitrogens with zero attached hydrogens (tertiary/aromatic N) is 1. The molecule has 1 aliphatic heterocycles. The van der Waals surface area contributed by atoms with Gasteiger partial charge in [0.25, 0.3) is 0 Å². The van der Waals surface area contributed by atoms with E-state index >= 15 is 0 Å². The van der Waals surface area contributed by atoms with Crippen LogP contribution in [0.2, 0.25) is 0 Å². The van der Waals surface area contributed by atoms with Gasteiger partial charge in [-0.15, -0.1) is 0 Å². The average Bonchev–Trinajstić information content (AvgIpc) is 2.88. The zero-order chi connectivity index (χ0) is 25.2. The molecule has 1 saturated heterocycles. The fourth-order valence-corrected chi connectivity index (χ4v) is 4.98. The molecule has 0 aromatic heterocycles.